The number of thioether (sulfide) groups is 1. The number of H-pyrrole nitrogens is 1. The van der Waals surface area contributed by atoms with Crippen molar-refractivity contribution in [2.45, 2.75) is 37.4 Å². The molecule has 1 aromatic heterocycles. The maximum absolute atomic E-state index is 12.9. The van der Waals surface area contributed by atoms with Crippen molar-refractivity contribution < 1.29 is 9.18 Å². The second-order valence-corrected chi connectivity index (χ2v) is 7.05. The van der Waals surface area contributed by atoms with Crippen LogP contribution in [-0.4, -0.2) is 44.3 Å². The second kappa shape index (κ2) is 8.29. The molecule has 1 amide bonds. The summed E-state index contributed by atoms with van der Waals surface area (Å²) in [6.45, 7) is 2.95. The maximum atomic E-state index is 12.9. The summed E-state index contributed by atoms with van der Waals surface area (Å²) in [4.78, 5) is 18.6. The molecule has 2 heterocycles. The van der Waals surface area contributed by atoms with E-state index in [0.29, 0.717) is 22.8 Å². The molecule has 1 aliphatic rings. The molecule has 1 atom stereocenters. The number of piperidine rings is 1. The predicted molar refractivity (Wildman–Crippen MR) is 97.5 cm³/mol. The molecule has 0 saturated carbocycles. The number of likely N-dealkylation sites (tertiary alicyclic amines) is 1. The molecule has 3 rings (SSSR count). The van der Waals surface area contributed by atoms with Crippen LogP contribution < -0.4 is 0 Å². The Hall–Kier alpha value is -2.15. The van der Waals surface area contributed by atoms with E-state index >= 15 is 0 Å². The van der Waals surface area contributed by atoms with Crippen molar-refractivity contribution in [1.29, 1.82) is 0 Å². The van der Waals surface area contributed by atoms with E-state index < -0.39 is 0 Å². The quantitative estimate of drug-likeness (QED) is 0.828. The number of hydrogen-bond donors (Lipinski definition) is 1. The van der Waals surface area contributed by atoms with Gasteiger partial charge in [0.05, 0.1) is 5.75 Å². The maximum Gasteiger partial charge on any atom is 0.233 e. The number of halogens is 1. The molecular formula is C18H21FN4OS. The fourth-order valence-corrected chi connectivity index (χ4v) is 3.52. The fourth-order valence-electron chi connectivity index (χ4n) is 2.82. The summed E-state index contributed by atoms with van der Waals surface area (Å²) in [7, 11) is 0. The van der Waals surface area contributed by atoms with Gasteiger partial charge in [0, 0.05) is 12.6 Å². The number of amides is 1. The number of carbonyl (C=O) groups is 1. The van der Waals surface area contributed by atoms with Gasteiger partial charge in [0.2, 0.25) is 11.1 Å². The SMILES string of the molecule is CC1CCCCN1C(=O)CSc1n[nH]c(/C=C/c2ccc(F)cc2)n1. The van der Waals surface area contributed by atoms with E-state index in [1.165, 1.54) is 30.3 Å². The molecule has 0 radical (unpaired) electrons. The van der Waals surface area contributed by atoms with Crippen LogP contribution in [-0.2, 0) is 4.79 Å². The smallest absolute Gasteiger partial charge is 0.233 e. The predicted octanol–water partition coefficient (Wildman–Crippen LogP) is 3.61. The molecule has 1 fully saturated rings. The highest BCUT2D eigenvalue weighted by Crippen LogP contribution is 2.20. The molecule has 0 aliphatic carbocycles. The van der Waals surface area contributed by atoms with Crippen molar-refractivity contribution in [2.75, 3.05) is 12.3 Å². The molecule has 7 heteroatoms. The van der Waals surface area contributed by atoms with E-state index in [0.717, 1.165) is 24.9 Å². The van der Waals surface area contributed by atoms with Crippen LogP contribution in [0.15, 0.2) is 29.4 Å². The van der Waals surface area contributed by atoms with E-state index in [4.69, 9.17) is 0 Å². The molecular weight excluding hydrogens is 339 g/mol. The summed E-state index contributed by atoms with van der Waals surface area (Å²) in [5, 5.41) is 7.51. The first-order valence-corrected chi connectivity index (χ1v) is 9.39. The number of aromatic amines is 1. The van der Waals surface area contributed by atoms with Gasteiger partial charge in [0.25, 0.3) is 0 Å². The molecule has 1 saturated heterocycles. The molecule has 1 aliphatic heterocycles. The highest BCUT2D eigenvalue weighted by atomic mass is 32.2. The average Bonchev–Trinajstić information content (AvgIpc) is 3.07. The van der Waals surface area contributed by atoms with Crippen LogP contribution in [0.5, 0.6) is 0 Å². The molecule has 1 aromatic carbocycles. The fraction of sp³-hybridized carbons (Fsp3) is 0.389. The van der Waals surface area contributed by atoms with Crippen LogP contribution in [0.2, 0.25) is 0 Å². The summed E-state index contributed by atoms with van der Waals surface area (Å²) in [5.74, 6) is 0.836. The van der Waals surface area contributed by atoms with Gasteiger partial charge < -0.3 is 4.90 Å². The minimum Gasteiger partial charge on any atom is -0.339 e. The van der Waals surface area contributed by atoms with Crippen LogP contribution in [0.1, 0.15) is 37.6 Å². The van der Waals surface area contributed by atoms with Crippen molar-refractivity contribution in [2.24, 2.45) is 0 Å². The van der Waals surface area contributed by atoms with Gasteiger partial charge in [-0.1, -0.05) is 30.0 Å². The molecule has 1 unspecified atom stereocenters. The van der Waals surface area contributed by atoms with Crippen LogP contribution >= 0.6 is 11.8 Å². The van der Waals surface area contributed by atoms with E-state index in [-0.39, 0.29) is 11.7 Å². The normalized spacial score (nSPS) is 18.0. The highest BCUT2D eigenvalue weighted by Gasteiger charge is 2.23. The minimum absolute atomic E-state index is 0.144. The Morgan fingerprint density at radius 3 is 2.92 bits per heavy atom. The van der Waals surface area contributed by atoms with Crippen molar-refractivity contribution in [3.05, 3.63) is 41.5 Å². The lowest BCUT2D eigenvalue weighted by atomic mass is 10.0. The topological polar surface area (TPSA) is 61.9 Å². The van der Waals surface area contributed by atoms with E-state index in [1.807, 2.05) is 11.0 Å². The van der Waals surface area contributed by atoms with Gasteiger partial charge in [0.1, 0.15) is 11.6 Å². The van der Waals surface area contributed by atoms with Gasteiger partial charge in [-0.3, -0.25) is 9.89 Å². The first-order valence-electron chi connectivity index (χ1n) is 8.40. The van der Waals surface area contributed by atoms with E-state index in [9.17, 15) is 9.18 Å². The Balaban J connectivity index is 1.53. The lowest BCUT2D eigenvalue weighted by Gasteiger charge is -2.33. The Morgan fingerprint density at radius 2 is 2.16 bits per heavy atom. The first-order chi connectivity index (χ1) is 12.1. The summed E-state index contributed by atoms with van der Waals surface area (Å²) in [5.41, 5.74) is 0.876. The molecule has 0 bridgehead atoms. The third-order valence-corrected chi connectivity index (χ3v) is 5.07. The van der Waals surface area contributed by atoms with Crippen LogP contribution in [0, 0.1) is 5.82 Å². The third kappa shape index (κ3) is 4.92. The summed E-state index contributed by atoms with van der Waals surface area (Å²) < 4.78 is 12.9. The number of nitrogens with one attached hydrogen (secondary N) is 1. The number of rotatable bonds is 5. The lowest BCUT2D eigenvalue weighted by Crippen LogP contribution is -2.42. The molecule has 1 N–H and O–H groups in total. The Kier molecular flexibility index (Phi) is 5.86. The van der Waals surface area contributed by atoms with Gasteiger partial charge in [-0.25, -0.2) is 9.37 Å². The van der Waals surface area contributed by atoms with Crippen molar-refractivity contribution in [3.63, 3.8) is 0 Å². The number of hydrogen-bond acceptors (Lipinski definition) is 4. The summed E-state index contributed by atoms with van der Waals surface area (Å²) >= 11 is 1.34. The zero-order valence-corrected chi connectivity index (χ0v) is 14.9. The number of benzene rings is 1. The Morgan fingerprint density at radius 1 is 1.36 bits per heavy atom. The summed E-state index contributed by atoms with van der Waals surface area (Å²) in [6.07, 6.45) is 6.96. The highest BCUT2D eigenvalue weighted by molar-refractivity contribution is 7.99. The number of aromatic nitrogens is 3. The zero-order chi connectivity index (χ0) is 17.6. The third-order valence-electron chi connectivity index (χ3n) is 4.23. The van der Waals surface area contributed by atoms with Crippen LogP contribution in [0.4, 0.5) is 4.39 Å². The summed E-state index contributed by atoms with van der Waals surface area (Å²) in [6, 6.07) is 6.53. The van der Waals surface area contributed by atoms with E-state index in [1.54, 1.807) is 18.2 Å². The Labute approximate surface area is 150 Å². The molecule has 5 nitrogen and oxygen atoms in total. The van der Waals surface area contributed by atoms with Gasteiger partial charge in [0.15, 0.2) is 0 Å². The lowest BCUT2D eigenvalue weighted by molar-refractivity contribution is -0.131. The monoisotopic (exact) mass is 360 g/mol. The van der Waals surface area contributed by atoms with Crippen molar-refractivity contribution in [1.82, 2.24) is 20.1 Å². The first kappa shape index (κ1) is 17.7. The number of nitrogens with zero attached hydrogens (tertiary/aromatic N) is 3. The van der Waals surface area contributed by atoms with Crippen LogP contribution in [0.3, 0.4) is 0 Å². The standard InChI is InChI=1S/C18H21FN4OS/c1-13-4-2-3-11-23(13)17(24)12-25-18-20-16(21-22-18)10-7-14-5-8-15(19)9-6-14/h5-10,13H,2-4,11-12H2,1H3,(H,20,21,22)/b10-7+. The molecule has 25 heavy (non-hydrogen) atoms. The van der Waals surface area contributed by atoms with E-state index in [2.05, 4.69) is 22.1 Å². The second-order valence-electron chi connectivity index (χ2n) is 6.11. The zero-order valence-electron chi connectivity index (χ0n) is 14.1. The molecule has 0 spiro atoms. The largest absolute Gasteiger partial charge is 0.339 e. The number of carbonyl (C=O) groups excluding carboxylic acids is 1. The average molecular weight is 360 g/mol. The van der Waals surface area contributed by atoms with Gasteiger partial charge in [-0.05, 0) is 50.0 Å². The molecule has 132 valence electrons. The van der Waals surface area contributed by atoms with Crippen LogP contribution in [0.25, 0.3) is 12.2 Å². The minimum atomic E-state index is -0.261. The van der Waals surface area contributed by atoms with Gasteiger partial charge >= 0.3 is 0 Å². The Bertz CT molecular complexity index is 744. The van der Waals surface area contributed by atoms with Crippen molar-refractivity contribution >= 4 is 29.8 Å². The van der Waals surface area contributed by atoms with Crippen molar-refractivity contribution in [3.8, 4) is 0 Å². The van der Waals surface area contributed by atoms with Gasteiger partial charge in [-0.2, -0.15) is 0 Å². The molecule has 2 aromatic rings. The van der Waals surface area contributed by atoms with Gasteiger partial charge in [-0.15, -0.1) is 5.10 Å².